The van der Waals surface area contributed by atoms with Crippen molar-refractivity contribution in [3.05, 3.63) is 52.0 Å². The molecule has 2 N–H and O–H groups in total. The number of nitrogens with zero attached hydrogens (tertiary/aromatic N) is 3. The maximum absolute atomic E-state index is 13.2. The number of carbonyl (C=O) groups is 2. The van der Waals surface area contributed by atoms with Gasteiger partial charge in [0, 0.05) is 36.0 Å². The van der Waals surface area contributed by atoms with E-state index in [-0.39, 0.29) is 11.8 Å². The highest BCUT2D eigenvalue weighted by atomic mass is 32.1. The van der Waals surface area contributed by atoms with Crippen molar-refractivity contribution in [3.8, 4) is 0 Å². The molecule has 7 nitrogen and oxygen atoms in total. The van der Waals surface area contributed by atoms with E-state index >= 15 is 0 Å². The molecular formula is C29H41N5O2S. The average molecular weight is 524 g/mol. The van der Waals surface area contributed by atoms with E-state index in [2.05, 4.69) is 51.5 Å². The molecule has 1 saturated heterocycles. The van der Waals surface area contributed by atoms with Crippen LogP contribution in [0.15, 0.2) is 35.7 Å². The molecule has 0 spiro atoms. The molecule has 2 amide bonds. The van der Waals surface area contributed by atoms with Crippen LogP contribution in [-0.2, 0) is 11.2 Å². The Morgan fingerprint density at radius 3 is 2.57 bits per heavy atom. The number of rotatable bonds is 13. The van der Waals surface area contributed by atoms with Crippen molar-refractivity contribution >= 4 is 34.2 Å². The van der Waals surface area contributed by atoms with Crippen LogP contribution in [0.3, 0.4) is 0 Å². The Bertz CT molecular complexity index is 1160. The maximum atomic E-state index is 13.2. The number of likely N-dealkylation sites (tertiary alicyclic amines) is 1. The lowest BCUT2D eigenvalue weighted by Gasteiger charge is -2.20. The minimum atomic E-state index is -0.539. The van der Waals surface area contributed by atoms with Crippen molar-refractivity contribution in [1.29, 1.82) is 0 Å². The van der Waals surface area contributed by atoms with E-state index in [0.717, 1.165) is 62.2 Å². The predicted molar refractivity (Wildman–Crippen MR) is 151 cm³/mol. The highest BCUT2D eigenvalue weighted by molar-refractivity contribution is 7.09. The first-order chi connectivity index (χ1) is 18.0. The summed E-state index contributed by atoms with van der Waals surface area (Å²) >= 11 is 1.74. The molecule has 1 atom stereocenters. The Labute approximate surface area is 224 Å². The van der Waals surface area contributed by atoms with Gasteiger partial charge in [0.1, 0.15) is 11.9 Å². The topological polar surface area (TPSA) is 79.3 Å². The van der Waals surface area contributed by atoms with E-state index in [9.17, 15) is 9.59 Å². The number of fused-ring (bicyclic) bond motifs is 1. The lowest BCUT2D eigenvalue weighted by Crippen LogP contribution is -2.48. The summed E-state index contributed by atoms with van der Waals surface area (Å²) in [6.07, 6.45) is 6.71. The van der Waals surface area contributed by atoms with Crippen molar-refractivity contribution in [3.63, 3.8) is 0 Å². The molecule has 0 saturated carbocycles. The minimum absolute atomic E-state index is 0.105. The molecule has 2 aromatic heterocycles. The summed E-state index contributed by atoms with van der Waals surface area (Å²) in [5.41, 5.74) is 2.42. The molecule has 3 aromatic rings. The molecular weight excluding hydrogens is 482 g/mol. The fourth-order valence-electron chi connectivity index (χ4n) is 5.31. The zero-order chi connectivity index (χ0) is 26.2. The number of benzene rings is 1. The summed E-state index contributed by atoms with van der Waals surface area (Å²) in [5, 5.41) is 8.10. The summed E-state index contributed by atoms with van der Waals surface area (Å²) in [6.45, 7) is 10.1. The molecule has 1 aliphatic heterocycles. The second kappa shape index (κ2) is 13.2. The zero-order valence-corrected chi connectivity index (χ0v) is 23.3. The van der Waals surface area contributed by atoms with Gasteiger partial charge < -0.3 is 20.1 Å². The maximum Gasteiger partial charge on any atom is 0.252 e. The molecule has 1 aromatic carbocycles. The van der Waals surface area contributed by atoms with Crippen LogP contribution in [0, 0.1) is 0 Å². The molecule has 37 heavy (non-hydrogen) atoms. The van der Waals surface area contributed by atoms with Gasteiger partial charge in [-0.25, -0.2) is 4.98 Å². The summed E-state index contributed by atoms with van der Waals surface area (Å²) in [5.74, 6) is 0.698. The molecule has 3 heterocycles. The van der Waals surface area contributed by atoms with Gasteiger partial charge in [0.2, 0.25) is 5.91 Å². The van der Waals surface area contributed by atoms with Gasteiger partial charge in [-0.05, 0) is 74.8 Å². The lowest BCUT2D eigenvalue weighted by molar-refractivity contribution is -0.123. The Hall–Kier alpha value is -2.71. The number of imidazole rings is 1. The van der Waals surface area contributed by atoms with Gasteiger partial charge >= 0.3 is 0 Å². The standard InChI is InChI=1S/C29H41N5O2S/c1-4-10-24(29(36)30-14-17-33-15-7-8-16-33)32-28(35)21-12-13-26-25(19-21)31-27(20-23-11-9-18-37-23)34(26)22(5-2)6-3/h9,11-13,18-19,22,24H,4-8,10,14-17,20H2,1-3H3,(H,30,36)(H,32,35)/t24-/m0/s1. The summed E-state index contributed by atoms with van der Waals surface area (Å²) in [4.78, 5) is 34.7. The van der Waals surface area contributed by atoms with Crippen molar-refractivity contribution in [2.75, 3.05) is 26.2 Å². The minimum Gasteiger partial charge on any atom is -0.353 e. The third kappa shape index (κ3) is 6.79. The quantitative estimate of drug-likeness (QED) is 0.324. The van der Waals surface area contributed by atoms with Crippen LogP contribution in [0.25, 0.3) is 11.0 Å². The van der Waals surface area contributed by atoms with Gasteiger partial charge in [-0.15, -0.1) is 11.3 Å². The van der Waals surface area contributed by atoms with Crippen LogP contribution < -0.4 is 10.6 Å². The molecule has 1 fully saturated rings. The largest absolute Gasteiger partial charge is 0.353 e. The van der Waals surface area contributed by atoms with E-state index < -0.39 is 6.04 Å². The molecule has 0 aliphatic carbocycles. The Kier molecular flexibility index (Phi) is 9.75. The predicted octanol–water partition coefficient (Wildman–Crippen LogP) is 5.16. The number of amides is 2. The van der Waals surface area contributed by atoms with Crippen molar-refractivity contribution in [2.45, 2.75) is 77.8 Å². The Morgan fingerprint density at radius 2 is 1.89 bits per heavy atom. The number of thiophene rings is 1. The van der Waals surface area contributed by atoms with Crippen LogP contribution in [0.2, 0.25) is 0 Å². The fourth-order valence-corrected chi connectivity index (χ4v) is 6.01. The fraction of sp³-hybridized carbons (Fsp3) is 0.552. The smallest absolute Gasteiger partial charge is 0.252 e. The highest BCUT2D eigenvalue weighted by Crippen LogP contribution is 2.28. The SMILES string of the molecule is CCC[C@H](NC(=O)c1ccc2c(c1)nc(Cc1cccs1)n2C(CC)CC)C(=O)NCCN1CCCC1. The van der Waals surface area contributed by atoms with Gasteiger partial charge in [0.15, 0.2) is 0 Å². The molecule has 0 radical (unpaired) electrons. The van der Waals surface area contributed by atoms with Crippen LogP contribution >= 0.6 is 11.3 Å². The van der Waals surface area contributed by atoms with Crippen LogP contribution in [0.4, 0.5) is 0 Å². The van der Waals surface area contributed by atoms with Crippen LogP contribution in [-0.4, -0.2) is 58.5 Å². The van der Waals surface area contributed by atoms with E-state index in [1.165, 1.54) is 17.7 Å². The Morgan fingerprint density at radius 1 is 1.11 bits per heavy atom. The number of hydrogen-bond acceptors (Lipinski definition) is 5. The van der Waals surface area contributed by atoms with Crippen LogP contribution in [0.5, 0.6) is 0 Å². The first kappa shape index (κ1) is 27.3. The van der Waals surface area contributed by atoms with Gasteiger partial charge in [-0.1, -0.05) is 33.3 Å². The summed E-state index contributed by atoms with van der Waals surface area (Å²) < 4.78 is 2.35. The van der Waals surface area contributed by atoms with Gasteiger partial charge in [0.25, 0.3) is 5.91 Å². The van der Waals surface area contributed by atoms with E-state index in [0.29, 0.717) is 24.6 Å². The van der Waals surface area contributed by atoms with Crippen molar-refractivity contribution in [1.82, 2.24) is 25.1 Å². The first-order valence-corrected chi connectivity index (χ1v) is 14.8. The zero-order valence-electron chi connectivity index (χ0n) is 22.5. The molecule has 4 rings (SSSR count). The third-order valence-electron chi connectivity index (χ3n) is 7.37. The Balaban J connectivity index is 1.49. The monoisotopic (exact) mass is 523 g/mol. The molecule has 0 unspecified atom stereocenters. The second-order valence-electron chi connectivity index (χ2n) is 9.98. The second-order valence-corrected chi connectivity index (χ2v) is 11.0. The summed E-state index contributed by atoms with van der Waals surface area (Å²) in [7, 11) is 0. The molecule has 200 valence electrons. The first-order valence-electron chi connectivity index (χ1n) is 13.9. The number of hydrogen-bond donors (Lipinski definition) is 2. The van der Waals surface area contributed by atoms with E-state index in [4.69, 9.17) is 4.98 Å². The number of aromatic nitrogens is 2. The number of carbonyl (C=O) groups excluding carboxylic acids is 2. The molecule has 0 bridgehead atoms. The lowest BCUT2D eigenvalue weighted by atomic mass is 10.1. The normalized spacial score (nSPS) is 14.9. The summed E-state index contributed by atoms with van der Waals surface area (Å²) in [6, 6.07) is 9.78. The highest BCUT2D eigenvalue weighted by Gasteiger charge is 2.23. The average Bonchev–Trinajstić information content (AvgIpc) is 3.67. The van der Waals surface area contributed by atoms with E-state index in [1.54, 1.807) is 11.3 Å². The third-order valence-corrected chi connectivity index (χ3v) is 8.25. The van der Waals surface area contributed by atoms with Gasteiger partial charge in [-0.3, -0.25) is 9.59 Å². The molecule has 1 aliphatic rings. The van der Waals surface area contributed by atoms with Crippen LogP contribution in [0.1, 0.15) is 86.4 Å². The van der Waals surface area contributed by atoms with Gasteiger partial charge in [0.05, 0.1) is 11.0 Å². The van der Waals surface area contributed by atoms with Crippen molar-refractivity contribution in [2.24, 2.45) is 0 Å². The number of nitrogens with one attached hydrogen (secondary N) is 2. The van der Waals surface area contributed by atoms with E-state index in [1.807, 2.05) is 25.1 Å². The molecule has 8 heteroatoms. The van der Waals surface area contributed by atoms with Gasteiger partial charge in [-0.2, -0.15) is 0 Å². The van der Waals surface area contributed by atoms with Crippen molar-refractivity contribution < 1.29 is 9.59 Å².